The topological polar surface area (TPSA) is 77.6 Å². The Morgan fingerprint density at radius 3 is 2.82 bits per heavy atom. The van der Waals surface area contributed by atoms with Gasteiger partial charge in [-0.2, -0.15) is 5.26 Å². The van der Waals surface area contributed by atoms with Crippen molar-refractivity contribution in [1.29, 1.82) is 5.26 Å². The van der Waals surface area contributed by atoms with Crippen molar-refractivity contribution in [3.8, 4) is 6.07 Å². The molecule has 60 valence electrons. The van der Waals surface area contributed by atoms with Crippen LogP contribution >= 0.6 is 0 Å². The number of nitriles is 1. The van der Waals surface area contributed by atoms with Gasteiger partial charge in [-0.3, -0.25) is 4.79 Å². The van der Waals surface area contributed by atoms with E-state index in [-0.39, 0.29) is 0 Å². The van der Waals surface area contributed by atoms with Crippen molar-refractivity contribution in [3.63, 3.8) is 0 Å². The van der Waals surface area contributed by atoms with Crippen LogP contribution in [-0.4, -0.2) is 11.9 Å². The van der Waals surface area contributed by atoms with Gasteiger partial charge in [-0.05, 0) is 13.3 Å². The molecule has 1 atom stereocenters. The molecule has 0 bridgehead atoms. The van der Waals surface area contributed by atoms with Gasteiger partial charge in [-0.15, -0.1) is 5.11 Å². The highest BCUT2D eigenvalue weighted by Crippen LogP contribution is 2.12. The number of carbonyl (C=O) groups is 1. The maximum absolute atomic E-state index is 9.72. The highest BCUT2D eigenvalue weighted by molar-refractivity contribution is 5.44. The molecule has 11 heavy (non-hydrogen) atoms. The minimum Gasteiger partial charge on any atom is -0.277 e. The number of amides is 1. The SMILES string of the molecule is CCC(C)(C#N)N=NNC=O. The van der Waals surface area contributed by atoms with E-state index in [0.717, 1.165) is 0 Å². The van der Waals surface area contributed by atoms with Gasteiger partial charge < -0.3 is 0 Å². The average molecular weight is 154 g/mol. The molecule has 0 aliphatic carbocycles. The Morgan fingerprint density at radius 2 is 2.45 bits per heavy atom. The van der Waals surface area contributed by atoms with Crippen LogP contribution in [0.1, 0.15) is 20.3 Å². The van der Waals surface area contributed by atoms with E-state index in [1.165, 1.54) is 0 Å². The maximum atomic E-state index is 9.72. The maximum Gasteiger partial charge on any atom is 0.228 e. The largest absolute Gasteiger partial charge is 0.277 e. The Bertz CT molecular complexity index is 195. The number of nitrogens with zero attached hydrogens (tertiary/aromatic N) is 3. The molecular formula is C6H10N4O. The molecule has 0 radical (unpaired) electrons. The molecule has 0 heterocycles. The summed E-state index contributed by atoms with van der Waals surface area (Å²) in [6.45, 7) is 3.46. The van der Waals surface area contributed by atoms with Gasteiger partial charge in [-0.1, -0.05) is 12.1 Å². The van der Waals surface area contributed by atoms with Crippen LogP contribution in [-0.2, 0) is 4.79 Å². The summed E-state index contributed by atoms with van der Waals surface area (Å²) in [6.07, 6.45) is 0.963. The van der Waals surface area contributed by atoms with E-state index < -0.39 is 5.54 Å². The van der Waals surface area contributed by atoms with Gasteiger partial charge in [0, 0.05) is 0 Å². The Labute approximate surface area is 65.1 Å². The van der Waals surface area contributed by atoms with E-state index in [1.807, 2.05) is 18.4 Å². The molecule has 1 N–H and O–H groups in total. The quantitative estimate of drug-likeness (QED) is 0.369. The first-order valence-electron chi connectivity index (χ1n) is 3.21. The highest BCUT2D eigenvalue weighted by atomic mass is 16.1. The molecule has 0 aliphatic rings. The van der Waals surface area contributed by atoms with E-state index >= 15 is 0 Å². The van der Waals surface area contributed by atoms with Crippen LogP contribution in [0.15, 0.2) is 10.3 Å². The van der Waals surface area contributed by atoms with E-state index in [9.17, 15) is 4.79 Å². The molecule has 0 aromatic carbocycles. The van der Waals surface area contributed by atoms with Gasteiger partial charge in [-0.25, -0.2) is 5.43 Å². The first-order chi connectivity index (χ1) is 5.18. The molecule has 0 rings (SSSR count). The number of nitrogens with one attached hydrogen (secondary N) is 1. The zero-order valence-corrected chi connectivity index (χ0v) is 6.53. The normalized spacial score (nSPS) is 15.4. The second-order valence-corrected chi connectivity index (χ2v) is 2.19. The summed E-state index contributed by atoms with van der Waals surface area (Å²) < 4.78 is 0. The first kappa shape index (κ1) is 9.56. The van der Waals surface area contributed by atoms with Gasteiger partial charge in [0.05, 0.1) is 6.07 Å². The predicted molar refractivity (Wildman–Crippen MR) is 38.4 cm³/mol. The summed E-state index contributed by atoms with van der Waals surface area (Å²) in [5.41, 5.74) is 1.18. The van der Waals surface area contributed by atoms with E-state index in [1.54, 1.807) is 6.92 Å². The smallest absolute Gasteiger partial charge is 0.228 e. The van der Waals surface area contributed by atoms with Crippen molar-refractivity contribution < 1.29 is 4.79 Å². The Hall–Kier alpha value is -1.44. The first-order valence-corrected chi connectivity index (χ1v) is 3.21. The number of hydrogen-bond acceptors (Lipinski definition) is 4. The van der Waals surface area contributed by atoms with Gasteiger partial charge in [0.1, 0.15) is 0 Å². The standard InChI is InChI=1S/C6H10N4O/c1-3-6(2,4-7)9-10-8-5-11/h5H,3H2,1-2H3,(H,8,9,11). The van der Waals surface area contributed by atoms with Crippen molar-refractivity contribution >= 4 is 6.41 Å². The zero-order valence-electron chi connectivity index (χ0n) is 6.53. The zero-order chi connectivity index (χ0) is 8.74. The predicted octanol–water partition coefficient (Wildman–Crippen LogP) is 0.792. The third kappa shape index (κ3) is 3.30. The van der Waals surface area contributed by atoms with Crippen molar-refractivity contribution in [2.24, 2.45) is 10.3 Å². The molecular weight excluding hydrogens is 144 g/mol. The second-order valence-electron chi connectivity index (χ2n) is 2.19. The monoisotopic (exact) mass is 154 g/mol. The lowest BCUT2D eigenvalue weighted by atomic mass is 10.0. The van der Waals surface area contributed by atoms with Gasteiger partial charge in [0.15, 0.2) is 5.54 Å². The van der Waals surface area contributed by atoms with Gasteiger partial charge >= 0.3 is 0 Å². The van der Waals surface area contributed by atoms with Crippen LogP contribution in [0.5, 0.6) is 0 Å². The molecule has 0 aromatic rings. The summed E-state index contributed by atoms with van der Waals surface area (Å²) in [7, 11) is 0. The lowest BCUT2D eigenvalue weighted by Crippen LogP contribution is -2.17. The summed E-state index contributed by atoms with van der Waals surface area (Å²) in [6, 6.07) is 1.97. The minimum absolute atomic E-state index is 0.400. The summed E-state index contributed by atoms with van der Waals surface area (Å²) >= 11 is 0. The molecule has 0 saturated heterocycles. The van der Waals surface area contributed by atoms with E-state index in [2.05, 4.69) is 10.3 Å². The molecule has 5 nitrogen and oxygen atoms in total. The summed E-state index contributed by atoms with van der Waals surface area (Å²) in [4.78, 5) is 9.72. The Morgan fingerprint density at radius 1 is 1.82 bits per heavy atom. The number of carbonyl (C=O) groups excluding carboxylic acids is 1. The fourth-order valence-corrected chi connectivity index (χ4v) is 0.335. The molecule has 0 saturated carbocycles. The molecule has 1 unspecified atom stereocenters. The second kappa shape index (κ2) is 4.39. The van der Waals surface area contributed by atoms with Crippen molar-refractivity contribution in [2.45, 2.75) is 25.8 Å². The van der Waals surface area contributed by atoms with E-state index in [4.69, 9.17) is 5.26 Å². The van der Waals surface area contributed by atoms with Crippen molar-refractivity contribution in [2.75, 3.05) is 0 Å². The fourth-order valence-electron chi connectivity index (χ4n) is 0.335. The Kier molecular flexibility index (Phi) is 3.81. The van der Waals surface area contributed by atoms with Crippen LogP contribution in [0.4, 0.5) is 0 Å². The molecule has 0 aliphatic heterocycles. The Balaban J connectivity index is 4.09. The summed E-state index contributed by atoms with van der Waals surface area (Å²) in [5.74, 6) is 0. The molecule has 5 heteroatoms. The van der Waals surface area contributed by atoms with Crippen molar-refractivity contribution in [1.82, 2.24) is 5.43 Å². The third-order valence-corrected chi connectivity index (χ3v) is 1.31. The number of hydrogen-bond donors (Lipinski definition) is 1. The van der Waals surface area contributed by atoms with Crippen LogP contribution < -0.4 is 5.43 Å². The van der Waals surface area contributed by atoms with Crippen LogP contribution in [0.25, 0.3) is 0 Å². The van der Waals surface area contributed by atoms with E-state index in [0.29, 0.717) is 12.8 Å². The van der Waals surface area contributed by atoms with Crippen LogP contribution in [0.3, 0.4) is 0 Å². The van der Waals surface area contributed by atoms with Gasteiger partial charge in [0.2, 0.25) is 6.41 Å². The third-order valence-electron chi connectivity index (χ3n) is 1.31. The number of rotatable bonds is 4. The van der Waals surface area contributed by atoms with Crippen molar-refractivity contribution in [3.05, 3.63) is 0 Å². The molecule has 1 amide bonds. The lowest BCUT2D eigenvalue weighted by molar-refractivity contribution is -0.109. The van der Waals surface area contributed by atoms with Gasteiger partial charge in [0.25, 0.3) is 0 Å². The molecule has 0 fully saturated rings. The summed E-state index contributed by atoms with van der Waals surface area (Å²) in [5, 5.41) is 15.5. The van der Waals surface area contributed by atoms with Crippen LogP contribution in [0.2, 0.25) is 0 Å². The minimum atomic E-state index is -0.823. The molecule has 0 aromatic heterocycles. The fraction of sp³-hybridized carbons (Fsp3) is 0.667. The molecule has 0 spiro atoms. The highest BCUT2D eigenvalue weighted by Gasteiger charge is 2.19. The lowest BCUT2D eigenvalue weighted by Gasteiger charge is -2.09. The van der Waals surface area contributed by atoms with Crippen LogP contribution in [0, 0.1) is 11.3 Å². The average Bonchev–Trinajstić information content (AvgIpc) is 2.05.